The lowest BCUT2D eigenvalue weighted by Gasteiger charge is -2.35. The number of hydrogen-bond acceptors (Lipinski definition) is 7. The second-order valence-corrected chi connectivity index (χ2v) is 8.14. The molecule has 0 radical (unpaired) electrons. The highest BCUT2D eigenvalue weighted by molar-refractivity contribution is 6.05. The highest BCUT2D eigenvalue weighted by Gasteiger charge is 2.31. The topological polar surface area (TPSA) is 82.4 Å². The van der Waals surface area contributed by atoms with E-state index >= 15 is 0 Å². The molecule has 8 nitrogen and oxygen atoms in total. The predicted octanol–water partition coefficient (Wildman–Crippen LogP) is 3.34. The number of carbonyl (C=O) groups is 1. The minimum absolute atomic E-state index is 0.275. The molecule has 3 aromatic rings. The Morgan fingerprint density at radius 2 is 2.13 bits per heavy atom. The van der Waals surface area contributed by atoms with Crippen LogP contribution in [0.4, 0.5) is 5.69 Å². The first-order chi connectivity index (χ1) is 15.2. The van der Waals surface area contributed by atoms with Crippen LogP contribution >= 0.6 is 0 Å². The number of esters is 1. The van der Waals surface area contributed by atoms with E-state index in [1.807, 2.05) is 25.1 Å². The maximum absolute atomic E-state index is 12.8. The minimum Gasteiger partial charge on any atom is -0.497 e. The van der Waals surface area contributed by atoms with Gasteiger partial charge in [0, 0.05) is 43.6 Å². The van der Waals surface area contributed by atoms with E-state index in [0.29, 0.717) is 12.2 Å². The molecule has 0 N–H and O–H groups in total. The second-order valence-electron chi connectivity index (χ2n) is 8.14. The number of rotatable bonds is 5. The first-order valence-corrected chi connectivity index (χ1v) is 11.0. The minimum atomic E-state index is -0.347. The molecule has 2 aliphatic heterocycles. The van der Waals surface area contributed by atoms with Crippen LogP contribution in [0.1, 0.15) is 54.1 Å². The summed E-state index contributed by atoms with van der Waals surface area (Å²) in [6.45, 7) is 4.78. The van der Waals surface area contributed by atoms with Crippen molar-refractivity contribution in [1.29, 1.82) is 0 Å². The van der Waals surface area contributed by atoms with Crippen LogP contribution < -0.4 is 9.64 Å². The number of piperidine rings is 1. The van der Waals surface area contributed by atoms with Crippen LogP contribution in [-0.2, 0) is 17.7 Å². The van der Waals surface area contributed by atoms with Gasteiger partial charge < -0.3 is 18.9 Å². The summed E-state index contributed by atoms with van der Waals surface area (Å²) in [5, 5.41) is 9.83. The monoisotopic (exact) mass is 421 g/mol. The average Bonchev–Trinajstić information content (AvgIpc) is 3.42. The molecule has 0 amide bonds. The van der Waals surface area contributed by atoms with Crippen molar-refractivity contribution in [3.05, 3.63) is 41.6 Å². The van der Waals surface area contributed by atoms with Crippen molar-refractivity contribution in [3.8, 4) is 5.75 Å². The fourth-order valence-corrected chi connectivity index (χ4v) is 4.85. The van der Waals surface area contributed by atoms with Crippen molar-refractivity contribution < 1.29 is 14.3 Å². The van der Waals surface area contributed by atoms with Crippen molar-refractivity contribution in [3.63, 3.8) is 0 Å². The van der Waals surface area contributed by atoms with E-state index in [2.05, 4.69) is 24.6 Å². The Balaban J connectivity index is 1.58. The molecule has 8 heteroatoms. The van der Waals surface area contributed by atoms with Crippen molar-refractivity contribution in [1.82, 2.24) is 19.7 Å². The summed E-state index contributed by atoms with van der Waals surface area (Å²) in [6, 6.07) is 5.78. The van der Waals surface area contributed by atoms with Gasteiger partial charge in [-0.25, -0.2) is 4.79 Å². The first-order valence-electron chi connectivity index (χ1n) is 11.0. The smallest absolute Gasteiger partial charge is 0.341 e. The predicted molar refractivity (Wildman–Crippen MR) is 117 cm³/mol. The Hall–Kier alpha value is -3.16. The molecule has 2 aliphatic rings. The molecule has 1 fully saturated rings. The lowest BCUT2D eigenvalue weighted by molar-refractivity contribution is 0.0526. The molecule has 1 saturated heterocycles. The summed E-state index contributed by atoms with van der Waals surface area (Å²) in [4.78, 5) is 19.6. The molecule has 0 aliphatic carbocycles. The highest BCUT2D eigenvalue weighted by Crippen LogP contribution is 2.37. The quantitative estimate of drug-likeness (QED) is 0.584. The van der Waals surface area contributed by atoms with Gasteiger partial charge in [0.05, 0.1) is 24.9 Å². The van der Waals surface area contributed by atoms with E-state index in [-0.39, 0.29) is 11.9 Å². The number of carbonyl (C=O) groups excluding carboxylic acids is 1. The summed E-state index contributed by atoms with van der Waals surface area (Å²) in [6.07, 6.45) is 5.86. The molecule has 0 bridgehead atoms. The summed E-state index contributed by atoms with van der Waals surface area (Å²) < 4.78 is 13.1. The molecule has 1 atom stereocenters. The van der Waals surface area contributed by atoms with Crippen molar-refractivity contribution >= 4 is 22.6 Å². The van der Waals surface area contributed by atoms with Crippen LogP contribution in [0.5, 0.6) is 5.75 Å². The van der Waals surface area contributed by atoms with E-state index in [9.17, 15) is 4.79 Å². The van der Waals surface area contributed by atoms with E-state index in [0.717, 1.165) is 79.3 Å². The number of hydrogen-bond donors (Lipinski definition) is 0. The third-order valence-corrected chi connectivity index (χ3v) is 6.28. The number of aryl methyl sites for hydroxylation is 1. The maximum atomic E-state index is 12.8. The third-order valence-electron chi connectivity index (χ3n) is 6.28. The Morgan fingerprint density at radius 1 is 1.23 bits per heavy atom. The summed E-state index contributed by atoms with van der Waals surface area (Å²) >= 11 is 0. The molecule has 31 heavy (non-hydrogen) atoms. The molecule has 0 saturated carbocycles. The normalized spacial score (nSPS) is 18.3. The Bertz CT molecular complexity index is 1130. The zero-order chi connectivity index (χ0) is 21.4. The number of aromatic nitrogens is 4. The standard InChI is InChI=1S/C23H27N5O3/c1-3-31-23(29)18-13-24-19-9-8-16(30-2)12-17(19)21(18)27-10-4-6-15(14-27)22-26-25-20-7-5-11-28(20)22/h8-9,12-13,15H,3-7,10-11,14H2,1-2H3. The van der Waals surface area contributed by atoms with Gasteiger partial charge in [-0.1, -0.05) is 0 Å². The molecular formula is C23H27N5O3. The van der Waals surface area contributed by atoms with Crippen LogP contribution in [0.3, 0.4) is 0 Å². The van der Waals surface area contributed by atoms with Crippen LogP contribution in [0.25, 0.3) is 10.9 Å². The van der Waals surface area contributed by atoms with Crippen molar-refractivity contribution in [2.75, 3.05) is 31.7 Å². The lowest BCUT2D eigenvalue weighted by Crippen LogP contribution is -2.36. The number of fused-ring (bicyclic) bond motifs is 2. The molecule has 4 heterocycles. The molecule has 5 rings (SSSR count). The molecule has 1 unspecified atom stereocenters. The fraction of sp³-hybridized carbons (Fsp3) is 0.478. The number of anilines is 1. The molecule has 0 spiro atoms. The van der Waals surface area contributed by atoms with Gasteiger partial charge in [-0.2, -0.15) is 0 Å². The fourth-order valence-electron chi connectivity index (χ4n) is 4.85. The van der Waals surface area contributed by atoms with Gasteiger partial charge in [0.1, 0.15) is 23.0 Å². The van der Waals surface area contributed by atoms with Gasteiger partial charge >= 0.3 is 5.97 Å². The van der Waals surface area contributed by atoms with E-state index in [1.165, 1.54) is 0 Å². The van der Waals surface area contributed by atoms with Gasteiger partial charge in [0.25, 0.3) is 0 Å². The second kappa shape index (κ2) is 8.17. The first kappa shape index (κ1) is 19.8. The average molecular weight is 422 g/mol. The molecule has 2 aromatic heterocycles. The zero-order valence-corrected chi connectivity index (χ0v) is 18.0. The summed E-state index contributed by atoms with van der Waals surface area (Å²) in [5.41, 5.74) is 2.19. The third kappa shape index (κ3) is 3.49. The van der Waals surface area contributed by atoms with Crippen LogP contribution in [0, 0.1) is 0 Å². The van der Waals surface area contributed by atoms with Gasteiger partial charge in [-0.3, -0.25) is 4.98 Å². The van der Waals surface area contributed by atoms with Gasteiger partial charge in [0.15, 0.2) is 0 Å². The SMILES string of the molecule is CCOC(=O)c1cnc2ccc(OC)cc2c1N1CCCC(c2nnc3n2CCC3)C1. The van der Waals surface area contributed by atoms with Crippen LogP contribution in [-0.4, -0.2) is 52.5 Å². The van der Waals surface area contributed by atoms with E-state index in [1.54, 1.807) is 13.3 Å². The largest absolute Gasteiger partial charge is 0.497 e. The van der Waals surface area contributed by atoms with E-state index < -0.39 is 0 Å². The van der Waals surface area contributed by atoms with Crippen LogP contribution in [0.15, 0.2) is 24.4 Å². The maximum Gasteiger partial charge on any atom is 0.341 e. The Labute approximate surface area is 181 Å². The van der Waals surface area contributed by atoms with Gasteiger partial charge in [-0.05, 0) is 44.4 Å². The Morgan fingerprint density at radius 3 is 2.97 bits per heavy atom. The van der Waals surface area contributed by atoms with Crippen LogP contribution in [0.2, 0.25) is 0 Å². The summed E-state index contributed by atoms with van der Waals surface area (Å²) in [5.74, 6) is 2.84. The summed E-state index contributed by atoms with van der Waals surface area (Å²) in [7, 11) is 1.65. The number of pyridine rings is 1. The number of methoxy groups -OCH3 is 1. The van der Waals surface area contributed by atoms with Crippen molar-refractivity contribution in [2.45, 2.75) is 45.1 Å². The van der Waals surface area contributed by atoms with Gasteiger partial charge in [-0.15, -0.1) is 10.2 Å². The Kier molecular flexibility index (Phi) is 5.21. The number of nitrogens with zero attached hydrogens (tertiary/aromatic N) is 5. The molecule has 162 valence electrons. The van der Waals surface area contributed by atoms with Gasteiger partial charge in [0.2, 0.25) is 0 Å². The van der Waals surface area contributed by atoms with E-state index in [4.69, 9.17) is 9.47 Å². The number of benzene rings is 1. The molecular weight excluding hydrogens is 394 g/mol. The zero-order valence-electron chi connectivity index (χ0n) is 18.0. The lowest BCUT2D eigenvalue weighted by atomic mass is 9.95. The highest BCUT2D eigenvalue weighted by atomic mass is 16.5. The number of ether oxygens (including phenoxy) is 2. The molecule has 1 aromatic carbocycles. The van der Waals surface area contributed by atoms with Crippen molar-refractivity contribution in [2.24, 2.45) is 0 Å².